The summed E-state index contributed by atoms with van der Waals surface area (Å²) in [7, 11) is 0. The summed E-state index contributed by atoms with van der Waals surface area (Å²) in [5.41, 5.74) is 4.54. The van der Waals surface area contributed by atoms with Crippen LogP contribution in [-0.4, -0.2) is 41.9 Å². The lowest BCUT2D eigenvalue weighted by atomic mass is 10.1. The van der Waals surface area contributed by atoms with Gasteiger partial charge in [0.05, 0.1) is 0 Å². The molecule has 0 aromatic heterocycles. The number of hydrogen-bond donors (Lipinski definition) is 1. The Morgan fingerprint density at radius 3 is 1.47 bits per heavy atom. The van der Waals surface area contributed by atoms with Crippen molar-refractivity contribution in [1.29, 1.82) is 0 Å². The van der Waals surface area contributed by atoms with Crippen molar-refractivity contribution in [3.05, 3.63) is 70.8 Å². The standard InChI is InChI=1S/C28H39N3O/c32-28(27-15-13-26(14-16-27)23-31-19-7-3-4-8-20-31)29-21-24-9-11-25(12-10-24)22-30-17-5-1-2-6-18-30/h9-16H,1-8,17-23H2,(H,29,32). The van der Waals surface area contributed by atoms with Crippen molar-refractivity contribution in [3.8, 4) is 0 Å². The summed E-state index contributed by atoms with van der Waals surface area (Å²) in [5.74, 6) is -0.0000317. The Morgan fingerprint density at radius 2 is 1.00 bits per heavy atom. The largest absolute Gasteiger partial charge is 0.348 e. The quantitative estimate of drug-likeness (QED) is 0.638. The van der Waals surface area contributed by atoms with E-state index in [1.54, 1.807) is 0 Å². The first-order chi connectivity index (χ1) is 15.8. The van der Waals surface area contributed by atoms with Crippen molar-refractivity contribution >= 4 is 5.91 Å². The minimum atomic E-state index is -0.0000317. The van der Waals surface area contributed by atoms with Gasteiger partial charge in [0, 0.05) is 25.2 Å². The first-order valence-electron chi connectivity index (χ1n) is 12.7. The molecule has 2 aromatic rings. The van der Waals surface area contributed by atoms with Gasteiger partial charge in [-0.15, -0.1) is 0 Å². The lowest BCUT2D eigenvalue weighted by Crippen LogP contribution is -2.25. The van der Waals surface area contributed by atoms with E-state index in [2.05, 4.69) is 51.5 Å². The van der Waals surface area contributed by atoms with Crippen LogP contribution in [0.4, 0.5) is 0 Å². The molecule has 2 saturated heterocycles. The van der Waals surface area contributed by atoms with E-state index in [0.717, 1.165) is 24.2 Å². The number of carbonyl (C=O) groups is 1. The minimum Gasteiger partial charge on any atom is -0.348 e. The fourth-order valence-electron chi connectivity index (χ4n) is 4.91. The summed E-state index contributed by atoms with van der Waals surface area (Å²) in [6, 6.07) is 16.9. The number of carbonyl (C=O) groups excluding carboxylic acids is 1. The first-order valence-corrected chi connectivity index (χ1v) is 12.7. The SMILES string of the molecule is O=C(NCc1ccc(CN2CCCCCC2)cc1)c1ccc(CN2CCCCCC2)cc1. The van der Waals surface area contributed by atoms with E-state index in [9.17, 15) is 4.79 Å². The second kappa shape index (κ2) is 12.2. The molecule has 4 heteroatoms. The highest BCUT2D eigenvalue weighted by Gasteiger charge is 2.11. The number of likely N-dealkylation sites (tertiary alicyclic amines) is 2. The molecule has 0 atom stereocenters. The molecule has 0 radical (unpaired) electrons. The molecule has 2 fully saturated rings. The molecule has 2 aliphatic rings. The molecule has 0 saturated carbocycles. The lowest BCUT2D eigenvalue weighted by molar-refractivity contribution is 0.0951. The van der Waals surface area contributed by atoms with Crippen LogP contribution in [0.3, 0.4) is 0 Å². The van der Waals surface area contributed by atoms with Gasteiger partial charge < -0.3 is 5.32 Å². The highest BCUT2D eigenvalue weighted by Crippen LogP contribution is 2.15. The van der Waals surface area contributed by atoms with Gasteiger partial charge in [-0.25, -0.2) is 0 Å². The van der Waals surface area contributed by atoms with E-state index < -0.39 is 0 Å². The van der Waals surface area contributed by atoms with Crippen LogP contribution in [0.25, 0.3) is 0 Å². The number of hydrogen-bond acceptors (Lipinski definition) is 3. The van der Waals surface area contributed by atoms with Crippen molar-refractivity contribution < 1.29 is 4.79 Å². The molecule has 0 aliphatic carbocycles. The van der Waals surface area contributed by atoms with E-state index in [1.807, 2.05) is 12.1 Å². The van der Waals surface area contributed by atoms with Crippen molar-refractivity contribution in [2.24, 2.45) is 0 Å². The monoisotopic (exact) mass is 433 g/mol. The Hall–Kier alpha value is -2.17. The fourth-order valence-corrected chi connectivity index (χ4v) is 4.91. The topological polar surface area (TPSA) is 35.6 Å². The summed E-state index contributed by atoms with van der Waals surface area (Å²) in [5, 5.41) is 3.07. The number of nitrogens with one attached hydrogen (secondary N) is 1. The summed E-state index contributed by atoms with van der Waals surface area (Å²) >= 11 is 0. The molecule has 4 rings (SSSR count). The van der Waals surface area contributed by atoms with Crippen molar-refractivity contribution in [3.63, 3.8) is 0 Å². The lowest BCUT2D eigenvalue weighted by Gasteiger charge is -2.20. The zero-order chi connectivity index (χ0) is 22.0. The maximum atomic E-state index is 12.6. The molecular formula is C28H39N3O. The normalized spacial score (nSPS) is 18.6. The van der Waals surface area contributed by atoms with Crippen molar-refractivity contribution in [1.82, 2.24) is 15.1 Å². The second-order valence-electron chi connectivity index (χ2n) is 9.58. The van der Waals surface area contributed by atoms with Gasteiger partial charge in [0.2, 0.25) is 0 Å². The average Bonchev–Trinajstić information content (AvgIpc) is 3.24. The van der Waals surface area contributed by atoms with Crippen molar-refractivity contribution in [2.45, 2.75) is 71.0 Å². The molecule has 2 aliphatic heterocycles. The molecule has 0 unspecified atom stereocenters. The van der Waals surface area contributed by atoms with Crippen LogP contribution < -0.4 is 5.32 Å². The minimum absolute atomic E-state index is 0.0000317. The van der Waals surface area contributed by atoms with Gasteiger partial charge in [-0.3, -0.25) is 14.6 Å². The zero-order valence-electron chi connectivity index (χ0n) is 19.5. The molecule has 1 N–H and O–H groups in total. The molecule has 2 aromatic carbocycles. The number of amides is 1. The van der Waals surface area contributed by atoms with Gasteiger partial charge in [-0.05, 0) is 80.7 Å². The van der Waals surface area contributed by atoms with Crippen LogP contribution in [0.15, 0.2) is 48.5 Å². The van der Waals surface area contributed by atoms with Crippen molar-refractivity contribution in [2.75, 3.05) is 26.2 Å². The van der Waals surface area contributed by atoms with Gasteiger partial charge >= 0.3 is 0 Å². The van der Waals surface area contributed by atoms with Gasteiger partial charge in [0.15, 0.2) is 0 Å². The summed E-state index contributed by atoms with van der Waals surface area (Å²) < 4.78 is 0. The summed E-state index contributed by atoms with van der Waals surface area (Å²) in [6.45, 7) is 7.42. The van der Waals surface area contributed by atoms with E-state index in [4.69, 9.17) is 0 Å². The third-order valence-electron chi connectivity index (χ3n) is 6.90. The van der Waals surface area contributed by atoms with Crippen LogP contribution in [0.2, 0.25) is 0 Å². The molecule has 0 bridgehead atoms. The van der Waals surface area contributed by atoms with Gasteiger partial charge in [0.25, 0.3) is 5.91 Å². The molecule has 4 nitrogen and oxygen atoms in total. The summed E-state index contributed by atoms with van der Waals surface area (Å²) in [4.78, 5) is 17.7. The van der Waals surface area contributed by atoms with Crippen LogP contribution in [0, 0.1) is 0 Å². The van der Waals surface area contributed by atoms with Crippen LogP contribution in [0.1, 0.15) is 78.4 Å². The van der Waals surface area contributed by atoms with E-state index >= 15 is 0 Å². The summed E-state index contributed by atoms with van der Waals surface area (Å²) in [6.07, 6.45) is 10.7. The number of benzene rings is 2. The highest BCUT2D eigenvalue weighted by molar-refractivity contribution is 5.94. The molecule has 2 heterocycles. The third kappa shape index (κ3) is 7.18. The van der Waals surface area contributed by atoms with E-state index in [1.165, 1.54) is 88.7 Å². The molecule has 0 spiro atoms. The molecular weight excluding hydrogens is 394 g/mol. The predicted octanol–water partition coefficient (Wildman–Crippen LogP) is 5.37. The molecule has 1 amide bonds. The Labute approximate surface area is 194 Å². The number of rotatable bonds is 7. The second-order valence-corrected chi connectivity index (χ2v) is 9.58. The maximum absolute atomic E-state index is 12.6. The Kier molecular flexibility index (Phi) is 8.75. The molecule has 172 valence electrons. The van der Waals surface area contributed by atoms with E-state index in [-0.39, 0.29) is 5.91 Å². The Morgan fingerprint density at radius 1 is 0.594 bits per heavy atom. The predicted molar refractivity (Wildman–Crippen MR) is 132 cm³/mol. The molecule has 32 heavy (non-hydrogen) atoms. The smallest absolute Gasteiger partial charge is 0.251 e. The maximum Gasteiger partial charge on any atom is 0.251 e. The van der Waals surface area contributed by atoms with E-state index in [0.29, 0.717) is 6.54 Å². The number of nitrogens with zero attached hydrogens (tertiary/aromatic N) is 2. The van der Waals surface area contributed by atoms with Gasteiger partial charge in [0.1, 0.15) is 0 Å². The van der Waals surface area contributed by atoms with Gasteiger partial charge in [-0.1, -0.05) is 62.1 Å². The van der Waals surface area contributed by atoms with Crippen LogP contribution >= 0.6 is 0 Å². The van der Waals surface area contributed by atoms with Gasteiger partial charge in [-0.2, -0.15) is 0 Å². The average molecular weight is 434 g/mol. The Bertz CT molecular complexity index is 815. The van der Waals surface area contributed by atoms with Crippen LogP contribution in [0.5, 0.6) is 0 Å². The Balaban J connectivity index is 1.23. The third-order valence-corrected chi connectivity index (χ3v) is 6.90. The van der Waals surface area contributed by atoms with Crippen LogP contribution in [-0.2, 0) is 19.6 Å². The zero-order valence-corrected chi connectivity index (χ0v) is 19.5. The first kappa shape index (κ1) is 23.0. The highest BCUT2D eigenvalue weighted by atomic mass is 16.1. The fraction of sp³-hybridized carbons (Fsp3) is 0.536.